The van der Waals surface area contributed by atoms with Gasteiger partial charge in [0.1, 0.15) is 17.1 Å². The van der Waals surface area contributed by atoms with E-state index in [1.807, 2.05) is 39.8 Å². The highest BCUT2D eigenvalue weighted by atomic mass is 19.4. The second-order valence-electron chi connectivity index (χ2n) is 11.3. The number of aromatic nitrogens is 4. The number of amides is 2. The third-order valence-corrected chi connectivity index (χ3v) is 8.07. The lowest BCUT2D eigenvalue weighted by Gasteiger charge is -2.18. The standard InChI is InChI=1S/C19H22F5N3.C13H19N3O2.C2H6/c1-12(13-7-3-4-8-14(20)16(13)21)6-2-5-9-15-25-17(27-26-15)18(10-11-18)19(22,23)24;1-3-16(11(2)18)9-5-7-12-6-4-8-14-13(12)15-10-17;1-2/h4,7-8,12H,2-3,5-6,9-11H2,1H3,(H,25,26,27);4,6,8,10H,3,5,7,9H2,1-2H3,(H,14,15,17);1-2H3. The average molecular weight is 667 g/mol. The molecule has 13 heteroatoms. The molecule has 0 aliphatic heterocycles. The van der Waals surface area contributed by atoms with Crippen molar-refractivity contribution in [1.29, 1.82) is 0 Å². The Hall–Kier alpha value is -3.90. The molecule has 2 aromatic heterocycles. The quantitative estimate of drug-likeness (QED) is 0.120. The summed E-state index contributed by atoms with van der Waals surface area (Å²) < 4.78 is 66.8. The van der Waals surface area contributed by atoms with Crippen LogP contribution in [0.1, 0.15) is 96.8 Å². The number of hydrogen-bond donors (Lipinski definition) is 2. The molecule has 1 unspecified atom stereocenters. The maximum atomic E-state index is 14.0. The summed E-state index contributed by atoms with van der Waals surface area (Å²) in [5, 5.41) is 8.94. The van der Waals surface area contributed by atoms with Gasteiger partial charge < -0.3 is 10.2 Å². The summed E-state index contributed by atoms with van der Waals surface area (Å²) in [5.41, 5.74) is -0.506. The van der Waals surface area contributed by atoms with Gasteiger partial charge in [-0.2, -0.15) is 18.3 Å². The Balaban J connectivity index is 0.000000335. The van der Waals surface area contributed by atoms with Crippen LogP contribution in [0.5, 0.6) is 0 Å². The van der Waals surface area contributed by atoms with Gasteiger partial charge in [0.15, 0.2) is 17.5 Å². The van der Waals surface area contributed by atoms with Crippen LogP contribution in [0.25, 0.3) is 0 Å². The molecule has 0 radical (unpaired) electrons. The zero-order valence-electron chi connectivity index (χ0n) is 27.9. The molecule has 2 N–H and O–H groups in total. The number of nitrogens with zero attached hydrogens (tertiary/aromatic N) is 4. The number of H-pyrrole nitrogens is 1. The second-order valence-corrected chi connectivity index (χ2v) is 11.3. The first kappa shape index (κ1) is 39.3. The first-order chi connectivity index (χ1) is 22.4. The van der Waals surface area contributed by atoms with Gasteiger partial charge >= 0.3 is 6.18 Å². The SMILES string of the molecule is CC.CC(CCCCc1nc(C2(C(F)(F)F)CC2)n[nH]1)C1=CCC=CC(F)=C1F.CCN(CCCc1cccnc1NC=O)C(C)=O. The van der Waals surface area contributed by atoms with E-state index in [0.29, 0.717) is 49.3 Å². The van der Waals surface area contributed by atoms with E-state index in [-0.39, 0.29) is 30.5 Å². The fourth-order valence-corrected chi connectivity index (χ4v) is 5.19. The lowest BCUT2D eigenvalue weighted by Crippen LogP contribution is -2.29. The van der Waals surface area contributed by atoms with Crippen molar-refractivity contribution in [1.82, 2.24) is 25.1 Å². The summed E-state index contributed by atoms with van der Waals surface area (Å²) in [6.07, 6.45) is 7.07. The summed E-state index contributed by atoms with van der Waals surface area (Å²) in [7, 11) is 0. The predicted octanol–water partition coefficient (Wildman–Crippen LogP) is 8.26. The van der Waals surface area contributed by atoms with Crippen LogP contribution in [0, 0.1) is 5.92 Å². The minimum Gasteiger partial charge on any atom is -0.343 e. The Labute approximate surface area is 274 Å². The van der Waals surface area contributed by atoms with Crippen LogP contribution < -0.4 is 5.32 Å². The second kappa shape index (κ2) is 19.0. The summed E-state index contributed by atoms with van der Waals surface area (Å²) in [6, 6.07) is 3.77. The lowest BCUT2D eigenvalue weighted by atomic mass is 9.93. The fourth-order valence-electron chi connectivity index (χ4n) is 5.19. The minimum absolute atomic E-state index is 0.0327. The molecule has 8 nitrogen and oxygen atoms in total. The molecular weight excluding hydrogens is 619 g/mol. The number of pyridine rings is 1. The fraction of sp³-hybridized carbons (Fsp3) is 0.559. The number of rotatable bonds is 14. The van der Waals surface area contributed by atoms with Crippen LogP contribution in [0.3, 0.4) is 0 Å². The van der Waals surface area contributed by atoms with Gasteiger partial charge in [-0.3, -0.25) is 14.7 Å². The molecule has 47 heavy (non-hydrogen) atoms. The Kier molecular flexibility index (Phi) is 15.9. The average Bonchev–Trinajstić information content (AvgIpc) is 3.78. The zero-order valence-corrected chi connectivity index (χ0v) is 27.9. The van der Waals surface area contributed by atoms with E-state index in [1.54, 1.807) is 30.2 Å². The number of aryl methyl sites for hydroxylation is 2. The highest BCUT2D eigenvalue weighted by Gasteiger charge is 2.66. The first-order valence-corrected chi connectivity index (χ1v) is 16.2. The maximum Gasteiger partial charge on any atom is 0.401 e. The van der Waals surface area contributed by atoms with Crippen LogP contribution in [0.15, 0.2) is 53.8 Å². The Morgan fingerprint density at radius 2 is 1.89 bits per heavy atom. The molecule has 2 aliphatic rings. The summed E-state index contributed by atoms with van der Waals surface area (Å²) >= 11 is 0. The van der Waals surface area contributed by atoms with Crippen molar-refractivity contribution in [2.24, 2.45) is 5.92 Å². The molecule has 2 amide bonds. The molecule has 1 fully saturated rings. The topological polar surface area (TPSA) is 104 Å². The van der Waals surface area contributed by atoms with E-state index >= 15 is 0 Å². The van der Waals surface area contributed by atoms with E-state index in [1.165, 1.54) is 0 Å². The van der Waals surface area contributed by atoms with E-state index < -0.39 is 23.2 Å². The van der Waals surface area contributed by atoms with Gasteiger partial charge in [-0.15, -0.1) is 0 Å². The van der Waals surface area contributed by atoms with Crippen LogP contribution in [-0.4, -0.2) is 56.6 Å². The van der Waals surface area contributed by atoms with Gasteiger partial charge in [0.25, 0.3) is 0 Å². The van der Waals surface area contributed by atoms with E-state index in [9.17, 15) is 31.5 Å². The van der Waals surface area contributed by atoms with Gasteiger partial charge in [0.2, 0.25) is 12.3 Å². The molecule has 0 saturated heterocycles. The molecule has 1 atom stereocenters. The van der Waals surface area contributed by atoms with E-state index in [2.05, 4.69) is 25.5 Å². The highest BCUT2D eigenvalue weighted by Crippen LogP contribution is 2.57. The number of allylic oxidation sites excluding steroid dienone is 6. The lowest BCUT2D eigenvalue weighted by molar-refractivity contribution is -0.162. The number of carbonyl (C=O) groups is 2. The van der Waals surface area contributed by atoms with Crippen LogP contribution in [0.2, 0.25) is 0 Å². The smallest absolute Gasteiger partial charge is 0.343 e. The molecule has 260 valence electrons. The predicted molar refractivity (Wildman–Crippen MR) is 173 cm³/mol. The number of anilines is 1. The van der Waals surface area contributed by atoms with Crippen molar-refractivity contribution >= 4 is 18.1 Å². The van der Waals surface area contributed by atoms with Crippen molar-refractivity contribution in [3.63, 3.8) is 0 Å². The van der Waals surface area contributed by atoms with Gasteiger partial charge in [-0.25, -0.2) is 18.7 Å². The molecule has 2 heterocycles. The van der Waals surface area contributed by atoms with Crippen molar-refractivity contribution in [3.05, 3.63) is 71.0 Å². The number of carbonyl (C=O) groups excluding carboxylic acids is 2. The third kappa shape index (κ3) is 11.4. The van der Waals surface area contributed by atoms with Gasteiger partial charge in [0.05, 0.1) is 0 Å². The van der Waals surface area contributed by atoms with Gasteiger partial charge in [-0.05, 0) is 81.1 Å². The van der Waals surface area contributed by atoms with Crippen LogP contribution >= 0.6 is 0 Å². The number of hydrogen-bond acceptors (Lipinski definition) is 5. The number of nitrogens with one attached hydrogen (secondary N) is 2. The number of aromatic amines is 1. The van der Waals surface area contributed by atoms with Crippen molar-refractivity contribution in [3.8, 4) is 0 Å². The van der Waals surface area contributed by atoms with Crippen LogP contribution in [-0.2, 0) is 27.8 Å². The number of halogens is 5. The van der Waals surface area contributed by atoms with E-state index in [0.717, 1.165) is 44.0 Å². The summed E-state index contributed by atoms with van der Waals surface area (Å²) in [5.74, 6) is -0.842. The maximum absolute atomic E-state index is 14.0. The molecular formula is C34H47F5N6O2. The monoisotopic (exact) mass is 666 g/mol. The molecule has 2 aromatic rings. The van der Waals surface area contributed by atoms with Gasteiger partial charge in [0, 0.05) is 32.6 Å². The van der Waals surface area contributed by atoms with Crippen molar-refractivity contribution in [2.45, 2.75) is 104 Å². The Morgan fingerprint density at radius 3 is 2.51 bits per heavy atom. The first-order valence-electron chi connectivity index (χ1n) is 16.2. The number of unbranched alkanes of at least 4 members (excludes halogenated alkanes) is 1. The van der Waals surface area contributed by atoms with E-state index in [4.69, 9.17) is 0 Å². The largest absolute Gasteiger partial charge is 0.401 e. The van der Waals surface area contributed by atoms with Gasteiger partial charge in [-0.1, -0.05) is 45.4 Å². The zero-order chi connectivity index (χ0) is 35.0. The van der Waals surface area contributed by atoms with Crippen LogP contribution in [0.4, 0.5) is 27.8 Å². The Bertz CT molecular complexity index is 1380. The molecule has 4 rings (SSSR count). The molecule has 2 aliphatic carbocycles. The molecule has 0 spiro atoms. The normalized spacial score (nSPS) is 15.7. The molecule has 1 saturated carbocycles. The minimum atomic E-state index is -4.32. The summed E-state index contributed by atoms with van der Waals surface area (Å²) in [6.45, 7) is 10.8. The van der Waals surface area contributed by atoms with Crippen molar-refractivity contribution < 1.29 is 31.5 Å². The Morgan fingerprint density at radius 1 is 1.17 bits per heavy atom. The molecule has 0 bridgehead atoms. The number of alkyl halides is 3. The summed E-state index contributed by atoms with van der Waals surface area (Å²) in [4.78, 5) is 31.6. The third-order valence-electron chi connectivity index (χ3n) is 8.07. The van der Waals surface area contributed by atoms with Crippen molar-refractivity contribution in [2.75, 3.05) is 18.4 Å². The highest BCUT2D eigenvalue weighted by molar-refractivity contribution is 5.73. The molecule has 0 aromatic carbocycles.